The molecule has 182 valence electrons. The number of guanidine groups is 1. The van der Waals surface area contributed by atoms with E-state index in [2.05, 4.69) is 20.3 Å². The average molecular weight is 486 g/mol. The summed E-state index contributed by atoms with van der Waals surface area (Å²) in [6.45, 7) is 0.170. The van der Waals surface area contributed by atoms with Crippen LogP contribution < -0.4 is 15.8 Å². The van der Waals surface area contributed by atoms with E-state index in [0.29, 0.717) is 0 Å². The third-order valence-corrected chi connectivity index (χ3v) is 5.53. The zero-order valence-corrected chi connectivity index (χ0v) is 19.0. The first-order valence-electron chi connectivity index (χ1n) is 10.9. The number of azide groups is 1. The third-order valence-electron chi connectivity index (χ3n) is 5.53. The normalized spacial score (nSPS) is 12.2. The molecule has 0 spiro atoms. The number of carboxylic acids is 1. The minimum absolute atomic E-state index is 0.0123. The van der Waals surface area contributed by atoms with Gasteiger partial charge < -0.3 is 20.3 Å². The lowest BCUT2D eigenvalue weighted by atomic mass is 9.98. The van der Waals surface area contributed by atoms with E-state index in [9.17, 15) is 14.7 Å². The molecule has 36 heavy (non-hydrogen) atoms. The number of carbonyl (C=O) groups excluding carboxylic acids is 1. The Hall–Kier alpha value is -5.02. The SMILES string of the molecule is [N-]=[N+]=NCCOc1ccc(N=C(N)NC(=O)OCC2c3ccccc3-c3ccccc32)cc1C(=O)O. The molecule has 0 saturated heterocycles. The maximum Gasteiger partial charge on any atom is 0.413 e. The molecule has 0 fully saturated rings. The quantitative estimate of drug-likeness (QED) is 0.105. The van der Waals surface area contributed by atoms with E-state index in [1.807, 2.05) is 48.5 Å². The van der Waals surface area contributed by atoms with Crippen LogP contribution in [0.3, 0.4) is 0 Å². The van der Waals surface area contributed by atoms with E-state index >= 15 is 0 Å². The van der Waals surface area contributed by atoms with Gasteiger partial charge in [-0.2, -0.15) is 0 Å². The summed E-state index contributed by atoms with van der Waals surface area (Å²) in [6, 6.07) is 20.1. The Morgan fingerprint density at radius 3 is 2.36 bits per heavy atom. The van der Waals surface area contributed by atoms with Crippen LogP contribution in [-0.2, 0) is 4.74 Å². The zero-order valence-electron chi connectivity index (χ0n) is 19.0. The molecule has 4 rings (SSSR count). The van der Waals surface area contributed by atoms with Crippen molar-refractivity contribution < 1.29 is 24.2 Å². The Morgan fingerprint density at radius 1 is 1.06 bits per heavy atom. The number of rotatable bonds is 8. The summed E-state index contributed by atoms with van der Waals surface area (Å²) in [4.78, 5) is 30.6. The van der Waals surface area contributed by atoms with Crippen molar-refractivity contribution in [1.82, 2.24) is 5.32 Å². The van der Waals surface area contributed by atoms with Gasteiger partial charge in [-0.15, -0.1) is 0 Å². The number of aliphatic imine (C=N–C) groups is 1. The Morgan fingerprint density at radius 2 is 1.72 bits per heavy atom. The number of hydrogen-bond acceptors (Lipinski definition) is 6. The second-order valence-electron chi connectivity index (χ2n) is 7.74. The fourth-order valence-corrected chi connectivity index (χ4v) is 4.03. The number of nitrogens with zero attached hydrogens (tertiary/aromatic N) is 4. The maximum atomic E-state index is 12.4. The van der Waals surface area contributed by atoms with Crippen LogP contribution in [0.1, 0.15) is 27.4 Å². The lowest BCUT2D eigenvalue weighted by Crippen LogP contribution is -2.37. The van der Waals surface area contributed by atoms with E-state index in [4.69, 9.17) is 20.7 Å². The molecule has 3 aromatic rings. The molecular formula is C25H22N6O5. The number of benzene rings is 3. The first-order chi connectivity index (χ1) is 17.5. The van der Waals surface area contributed by atoms with Gasteiger partial charge >= 0.3 is 12.1 Å². The number of hydrogen-bond donors (Lipinski definition) is 3. The van der Waals surface area contributed by atoms with Gasteiger partial charge in [0.15, 0.2) is 0 Å². The van der Waals surface area contributed by atoms with Crippen molar-refractivity contribution in [3.8, 4) is 16.9 Å². The molecule has 1 aliphatic rings. The summed E-state index contributed by atoms with van der Waals surface area (Å²) in [5.41, 5.74) is 18.5. The molecular weight excluding hydrogens is 464 g/mol. The van der Waals surface area contributed by atoms with Crippen LogP contribution in [-0.4, -0.2) is 42.9 Å². The summed E-state index contributed by atoms with van der Waals surface area (Å²) < 4.78 is 10.8. The smallest absolute Gasteiger partial charge is 0.413 e. The van der Waals surface area contributed by atoms with E-state index in [-0.39, 0.29) is 48.6 Å². The predicted molar refractivity (Wildman–Crippen MR) is 132 cm³/mol. The van der Waals surface area contributed by atoms with Crippen molar-refractivity contribution >= 4 is 23.7 Å². The van der Waals surface area contributed by atoms with Crippen molar-refractivity contribution in [3.05, 3.63) is 93.9 Å². The molecule has 11 heteroatoms. The minimum Gasteiger partial charge on any atom is -0.493 e. The van der Waals surface area contributed by atoms with Gasteiger partial charge in [0, 0.05) is 10.8 Å². The number of carboxylic acid groups (broad SMARTS) is 1. The van der Waals surface area contributed by atoms with Crippen LogP contribution in [0.4, 0.5) is 10.5 Å². The molecule has 0 saturated carbocycles. The predicted octanol–water partition coefficient (Wildman–Crippen LogP) is 4.56. The number of ether oxygens (including phenoxy) is 2. The molecule has 3 aromatic carbocycles. The number of alkyl carbamates (subject to hydrolysis) is 1. The summed E-state index contributed by atoms with van der Waals surface area (Å²) in [6.07, 6.45) is -0.783. The monoisotopic (exact) mass is 486 g/mol. The zero-order chi connectivity index (χ0) is 25.5. The summed E-state index contributed by atoms with van der Waals surface area (Å²) in [7, 11) is 0. The fourth-order valence-electron chi connectivity index (χ4n) is 4.03. The largest absolute Gasteiger partial charge is 0.493 e. The highest BCUT2D eigenvalue weighted by atomic mass is 16.5. The van der Waals surface area contributed by atoms with E-state index in [1.54, 1.807) is 0 Å². The van der Waals surface area contributed by atoms with Gasteiger partial charge in [0.25, 0.3) is 0 Å². The molecule has 1 amide bonds. The van der Waals surface area contributed by atoms with Crippen LogP contribution in [0.25, 0.3) is 21.6 Å². The highest BCUT2D eigenvalue weighted by Gasteiger charge is 2.29. The summed E-state index contributed by atoms with van der Waals surface area (Å²) >= 11 is 0. The number of nitrogens with one attached hydrogen (secondary N) is 1. The molecule has 0 bridgehead atoms. The fraction of sp³-hybridized carbons (Fsp3) is 0.160. The molecule has 0 aromatic heterocycles. The summed E-state index contributed by atoms with van der Waals surface area (Å²) in [5.74, 6) is -1.53. The summed E-state index contributed by atoms with van der Waals surface area (Å²) in [5, 5.41) is 15.1. The van der Waals surface area contributed by atoms with Crippen LogP contribution in [0.2, 0.25) is 0 Å². The van der Waals surface area contributed by atoms with Gasteiger partial charge in [-0.3, -0.25) is 5.32 Å². The topological polar surface area (TPSA) is 172 Å². The standard InChI is InChI=1S/C25H22N6O5/c26-24(29-15-9-10-22(20(13-15)23(32)33)35-12-11-28-31-27)30-25(34)36-14-21-18-7-3-1-5-16(18)17-6-2-4-8-19(17)21/h1-10,13,21H,11-12,14H2,(H,32,33)(H3,26,29,30,34). The van der Waals surface area contributed by atoms with E-state index < -0.39 is 12.1 Å². The van der Waals surface area contributed by atoms with Gasteiger partial charge in [0.1, 0.15) is 17.9 Å². The molecule has 4 N–H and O–H groups in total. The number of carbonyl (C=O) groups is 2. The minimum atomic E-state index is -1.24. The molecule has 0 radical (unpaired) electrons. The second-order valence-corrected chi connectivity index (χ2v) is 7.74. The molecule has 0 heterocycles. The lowest BCUT2D eigenvalue weighted by Gasteiger charge is -2.14. The number of amides is 1. The Labute approximate surface area is 205 Å². The van der Waals surface area contributed by atoms with Crippen molar-refractivity contribution in [1.29, 1.82) is 0 Å². The van der Waals surface area contributed by atoms with Crippen molar-refractivity contribution in [3.63, 3.8) is 0 Å². The Balaban J connectivity index is 1.40. The third kappa shape index (κ3) is 5.37. The molecule has 11 nitrogen and oxygen atoms in total. The lowest BCUT2D eigenvalue weighted by molar-refractivity contribution is 0.0692. The first-order valence-corrected chi connectivity index (χ1v) is 10.9. The molecule has 0 unspecified atom stereocenters. The number of fused-ring (bicyclic) bond motifs is 3. The molecule has 0 atom stereocenters. The van der Waals surface area contributed by atoms with Gasteiger partial charge in [0.05, 0.1) is 18.8 Å². The highest BCUT2D eigenvalue weighted by Crippen LogP contribution is 2.44. The number of aromatic carboxylic acids is 1. The van der Waals surface area contributed by atoms with Crippen LogP contribution in [0, 0.1) is 0 Å². The van der Waals surface area contributed by atoms with Gasteiger partial charge in [0.2, 0.25) is 5.96 Å². The second kappa shape index (κ2) is 10.9. The van der Waals surface area contributed by atoms with Crippen LogP contribution in [0.15, 0.2) is 76.8 Å². The van der Waals surface area contributed by atoms with Gasteiger partial charge in [-0.1, -0.05) is 53.6 Å². The van der Waals surface area contributed by atoms with E-state index in [0.717, 1.165) is 22.3 Å². The molecule has 0 aliphatic heterocycles. The van der Waals surface area contributed by atoms with Gasteiger partial charge in [-0.25, -0.2) is 14.6 Å². The van der Waals surface area contributed by atoms with Crippen molar-refractivity contribution in [2.45, 2.75) is 5.92 Å². The Kier molecular flexibility index (Phi) is 7.33. The molecule has 1 aliphatic carbocycles. The Bertz CT molecular complexity index is 1340. The van der Waals surface area contributed by atoms with E-state index in [1.165, 1.54) is 18.2 Å². The van der Waals surface area contributed by atoms with Crippen LogP contribution in [0.5, 0.6) is 5.75 Å². The van der Waals surface area contributed by atoms with Crippen molar-refractivity contribution in [2.24, 2.45) is 15.8 Å². The first kappa shape index (κ1) is 24.1. The highest BCUT2D eigenvalue weighted by molar-refractivity contribution is 5.95. The van der Waals surface area contributed by atoms with Crippen LogP contribution >= 0.6 is 0 Å². The van der Waals surface area contributed by atoms with Crippen molar-refractivity contribution in [2.75, 3.05) is 19.8 Å². The van der Waals surface area contributed by atoms with Gasteiger partial charge in [-0.05, 0) is 46.0 Å². The average Bonchev–Trinajstić information content (AvgIpc) is 3.19. The maximum absolute atomic E-state index is 12.4. The number of nitrogens with two attached hydrogens (primary N) is 1.